The summed E-state index contributed by atoms with van der Waals surface area (Å²) in [5, 5.41) is 8.91. The second-order valence-corrected chi connectivity index (χ2v) is 6.12. The van der Waals surface area contributed by atoms with Crippen LogP contribution in [0, 0.1) is 0 Å². The fourth-order valence-corrected chi connectivity index (χ4v) is 3.23. The Hall–Kier alpha value is -1.14. The fourth-order valence-electron chi connectivity index (χ4n) is 3.23. The minimum atomic E-state index is -0.784. The Morgan fingerprint density at radius 2 is 1.86 bits per heavy atom. The molecule has 0 aromatic carbocycles. The van der Waals surface area contributed by atoms with Crippen LogP contribution < -0.4 is 0 Å². The molecule has 1 saturated heterocycles. The lowest BCUT2D eigenvalue weighted by molar-refractivity contribution is -0.138. The summed E-state index contributed by atoms with van der Waals surface area (Å²) < 4.78 is 0. The maximum Gasteiger partial charge on any atom is 0.317 e. The van der Waals surface area contributed by atoms with E-state index in [1.54, 1.807) is 0 Å². The van der Waals surface area contributed by atoms with Crippen molar-refractivity contribution in [1.29, 1.82) is 0 Å². The highest BCUT2D eigenvalue weighted by Gasteiger charge is 2.28. The van der Waals surface area contributed by atoms with Gasteiger partial charge in [0.1, 0.15) is 0 Å². The molecule has 0 radical (unpaired) electrons. The number of likely N-dealkylation sites (tertiary alicyclic amines) is 1. The molecule has 0 aromatic rings. The Kier molecular flexibility index (Phi) is 7.82. The Labute approximate surface area is 134 Å². The van der Waals surface area contributed by atoms with Crippen LogP contribution in [0.2, 0.25) is 0 Å². The number of amides is 1. The summed E-state index contributed by atoms with van der Waals surface area (Å²) in [6, 6.07) is 0.195. The maximum atomic E-state index is 12.5. The molecule has 22 heavy (non-hydrogen) atoms. The van der Waals surface area contributed by atoms with Crippen LogP contribution in [-0.4, -0.2) is 83.5 Å². The van der Waals surface area contributed by atoms with Gasteiger partial charge < -0.3 is 10.0 Å². The van der Waals surface area contributed by atoms with Crippen LogP contribution in [0.4, 0.5) is 0 Å². The van der Waals surface area contributed by atoms with Crippen molar-refractivity contribution in [2.75, 3.05) is 39.8 Å². The average Bonchev–Trinajstić information content (AvgIpc) is 2.72. The minimum absolute atomic E-state index is 0.0819. The number of rotatable bonds is 7. The minimum Gasteiger partial charge on any atom is -0.480 e. The average molecular weight is 313 g/mol. The van der Waals surface area contributed by atoms with Gasteiger partial charge in [0.05, 0.1) is 12.6 Å². The van der Waals surface area contributed by atoms with Crippen molar-refractivity contribution in [1.82, 2.24) is 14.7 Å². The van der Waals surface area contributed by atoms with Crippen molar-refractivity contribution in [3.8, 4) is 0 Å². The molecule has 0 spiro atoms. The molecule has 1 fully saturated rings. The maximum absolute atomic E-state index is 12.5. The molecule has 1 amide bonds. The van der Waals surface area contributed by atoms with Gasteiger partial charge in [-0.25, -0.2) is 0 Å². The second kappa shape index (κ2) is 9.10. The molecule has 0 aromatic heterocycles. The summed E-state index contributed by atoms with van der Waals surface area (Å²) in [7, 11) is 1.87. The first-order valence-corrected chi connectivity index (χ1v) is 8.35. The molecule has 2 atom stereocenters. The number of hydrogen-bond acceptors (Lipinski definition) is 4. The first-order chi connectivity index (χ1) is 10.4. The van der Waals surface area contributed by atoms with Crippen LogP contribution >= 0.6 is 0 Å². The van der Waals surface area contributed by atoms with Gasteiger partial charge in [0.15, 0.2) is 0 Å². The van der Waals surface area contributed by atoms with Gasteiger partial charge in [-0.3, -0.25) is 19.4 Å². The van der Waals surface area contributed by atoms with Crippen LogP contribution in [0.3, 0.4) is 0 Å². The smallest absolute Gasteiger partial charge is 0.317 e. The molecule has 1 N–H and O–H groups in total. The monoisotopic (exact) mass is 313 g/mol. The van der Waals surface area contributed by atoms with Crippen molar-refractivity contribution in [3.05, 3.63) is 0 Å². The Bertz CT molecular complexity index is 372. The number of aliphatic carboxylic acids is 1. The lowest BCUT2D eigenvalue weighted by Gasteiger charge is -2.31. The summed E-state index contributed by atoms with van der Waals surface area (Å²) in [5.74, 6) is -0.587. The van der Waals surface area contributed by atoms with Gasteiger partial charge in [0.2, 0.25) is 5.91 Å². The van der Waals surface area contributed by atoms with Crippen LogP contribution in [-0.2, 0) is 9.59 Å². The summed E-state index contributed by atoms with van der Waals surface area (Å²) >= 11 is 0. The third-order valence-corrected chi connectivity index (χ3v) is 4.72. The first kappa shape index (κ1) is 18.9. The summed E-state index contributed by atoms with van der Waals surface area (Å²) in [4.78, 5) is 29.4. The first-order valence-electron chi connectivity index (χ1n) is 8.35. The number of carboxylic acids is 1. The van der Waals surface area contributed by atoms with Crippen LogP contribution in [0.1, 0.15) is 40.0 Å². The Morgan fingerprint density at radius 1 is 1.23 bits per heavy atom. The van der Waals surface area contributed by atoms with Crippen molar-refractivity contribution in [2.24, 2.45) is 0 Å². The second-order valence-electron chi connectivity index (χ2n) is 6.12. The lowest BCUT2D eigenvalue weighted by atomic mass is 10.1. The molecule has 0 saturated carbocycles. The zero-order valence-electron chi connectivity index (χ0n) is 14.4. The number of hydrogen-bond donors (Lipinski definition) is 1. The van der Waals surface area contributed by atoms with Crippen molar-refractivity contribution in [2.45, 2.75) is 52.1 Å². The standard InChI is InChI=1S/C16H31N3O3/c1-5-18(6-2)16(22)13(3)19-10-7-8-14(9-11-19)17(4)12-15(20)21/h13-14H,5-12H2,1-4H3,(H,20,21). The fraction of sp³-hybridized carbons (Fsp3) is 0.875. The van der Waals surface area contributed by atoms with Gasteiger partial charge >= 0.3 is 5.97 Å². The molecular formula is C16H31N3O3. The number of carbonyl (C=O) groups excluding carboxylic acids is 1. The number of carbonyl (C=O) groups is 2. The van der Waals surface area contributed by atoms with Gasteiger partial charge in [-0.1, -0.05) is 0 Å². The third kappa shape index (κ3) is 5.25. The van der Waals surface area contributed by atoms with E-state index in [2.05, 4.69) is 4.90 Å². The van der Waals surface area contributed by atoms with E-state index < -0.39 is 5.97 Å². The third-order valence-electron chi connectivity index (χ3n) is 4.72. The molecule has 1 aliphatic rings. The Morgan fingerprint density at radius 3 is 2.41 bits per heavy atom. The molecular weight excluding hydrogens is 282 g/mol. The topological polar surface area (TPSA) is 64.1 Å². The van der Waals surface area contributed by atoms with Gasteiger partial charge in [0.25, 0.3) is 0 Å². The molecule has 6 heteroatoms. The molecule has 2 unspecified atom stereocenters. The van der Waals surface area contributed by atoms with Crippen molar-refractivity contribution >= 4 is 11.9 Å². The van der Waals surface area contributed by atoms with Crippen molar-refractivity contribution in [3.63, 3.8) is 0 Å². The molecule has 1 rings (SSSR count). The molecule has 1 aliphatic heterocycles. The van der Waals surface area contributed by atoms with Crippen molar-refractivity contribution < 1.29 is 14.7 Å². The SMILES string of the molecule is CCN(CC)C(=O)C(C)N1CCCC(N(C)CC(=O)O)CC1. The number of likely N-dealkylation sites (N-methyl/N-ethyl adjacent to an activating group) is 2. The normalized spacial score (nSPS) is 21.4. The van der Waals surface area contributed by atoms with Crippen LogP contribution in [0.25, 0.3) is 0 Å². The molecule has 128 valence electrons. The highest BCUT2D eigenvalue weighted by Crippen LogP contribution is 2.18. The van der Waals surface area contributed by atoms with Gasteiger partial charge in [-0.2, -0.15) is 0 Å². The van der Waals surface area contributed by atoms with E-state index in [1.807, 2.05) is 37.6 Å². The van der Waals surface area contributed by atoms with Gasteiger partial charge in [0, 0.05) is 25.7 Å². The predicted molar refractivity (Wildman–Crippen MR) is 86.9 cm³/mol. The zero-order valence-corrected chi connectivity index (χ0v) is 14.4. The van der Waals surface area contributed by atoms with Gasteiger partial charge in [-0.05, 0) is 53.6 Å². The van der Waals surface area contributed by atoms with E-state index in [9.17, 15) is 9.59 Å². The van der Waals surface area contributed by atoms with E-state index >= 15 is 0 Å². The predicted octanol–water partition coefficient (Wildman–Crippen LogP) is 1.11. The Balaban J connectivity index is 2.58. The highest BCUT2D eigenvalue weighted by molar-refractivity contribution is 5.81. The van der Waals surface area contributed by atoms with Crippen LogP contribution in [0.15, 0.2) is 0 Å². The van der Waals surface area contributed by atoms with Crippen LogP contribution in [0.5, 0.6) is 0 Å². The number of nitrogens with zero attached hydrogens (tertiary/aromatic N) is 3. The number of carboxylic acid groups (broad SMARTS) is 1. The highest BCUT2D eigenvalue weighted by atomic mass is 16.4. The summed E-state index contributed by atoms with van der Waals surface area (Å²) in [5.41, 5.74) is 0. The molecule has 0 bridgehead atoms. The summed E-state index contributed by atoms with van der Waals surface area (Å²) in [6.07, 6.45) is 2.91. The van der Waals surface area contributed by atoms with E-state index in [4.69, 9.17) is 5.11 Å². The van der Waals surface area contributed by atoms with E-state index in [1.165, 1.54) is 0 Å². The summed E-state index contributed by atoms with van der Waals surface area (Å²) in [6.45, 7) is 9.34. The molecule has 6 nitrogen and oxygen atoms in total. The quantitative estimate of drug-likeness (QED) is 0.763. The van der Waals surface area contributed by atoms with E-state index in [0.717, 1.165) is 45.4 Å². The van der Waals surface area contributed by atoms with E-state index in [0.29, 0.717) is 0 Å². The lowest BCUT2D eigenvalue weighted by Crippen LogP contribution is -2.47. The largest absolute Gasteiger partial charge is 0.480 e. The van der Waals surface area contributed by atoms with E-state index in [-0.39, 0.29) is 24.5 Å². The van der Waals surface area contributed by atoms with Gasteiger partial charge in [-0.15, -0.1) is 0 Å². The molecule has 0 aliphatic carbocycles. The molecule has 1 heterocycles. The zero-order chi connectivity index (χ0) is 16.7.